The number of carbonyl (C=O) groups excluding carboxylic acids is 1. The monoisotopic (exact) mass is 420 g/mol. The number of nitrogens with zero attached hydrogens (tertiary/aromatic N) is 4. The number of pyridine rings is 1. The van der Waals surface area contributed by atoms with Gasteiger partial charge in [0.25, 0.3) is 0 Å². The Labute approximate surface area is 182 Å². The Morgan fingerprint density at radius 2 is 1.93 bits per heavy atom. The van der Waals surface area contributed by atoms with Crippen LogP contribution in [0.4, 0.5) is 10.6 Å². The molecule has 0 spiro atoms. The molecule has 8 heteroatoms. The van der Waals surface area contributed by atoms with Gasteiger partial charge in [0.2, 0.25) is 0 Å². The Balaban J connectivity index is 2.65. The van der Waals surface area contributed by atoms with E-state index < -0.39 is 5.60 Å². The van der Waals surface area contributed by atoms with Crippen molar-refractivity contribution < 1.29 is 9.53 Å². The van der Waals surface area contributed by atoms with Crippen molar-refractivity contribution >= 4 is 17.9 Å². The molecule has 0 aliphatic heterocycles. The van der Waals surface area contributed by atoms with E-state index in [1.165, 1.54) is 0 Å². The Bertz CT molecular complexity index is 697. The van der Waals surface area contributed by atoms with Crippen molar-refractivity contribution in [3.63, 3.8) is 0 Å². The summed E-state index contributed by atoms with van der Waals surface area (Å²) < 4.78 is 5.40. The summed E-state index contributed by atoms with van der Waals surface area (Å²) in [6.07, 6.45) is 2.20. The van der Waals surface area contributed by atoms with E-state index >= 15 is 0 Å². The highest BCUT2D eigenvalue weighted by molar-refractivity contribution is 5.79. The number of aromatic nitrogens is 1. The lowest BCUT2D eigenvalue weighted by Gasteiger charge is -2.28. The number of hydrogen-bond donors (Lipinski definition) is 2. The van der Waals surface area contributed by atoms with Crippen LogP contribution >= 0.6 is 0 Å². The summed E-state index contributed by atoms with van der Waals surface area (Å²) >= 11 is 0. The standard InChI is InChI=1S/C22H40N6O2/c1-16(2)18(26-21(29)30-22(3,4)5)12-14-28(9)20(23-6)25-15-17-11-10-13-24-19(17)27(7)8/h10-11,13,16,18H,12,14-15H2,1-9H3,(H,23,25)(H,26,29). The highest BCUT2D eigenvalue weighted by Crippen LogP contribution is 2.14. The number of rotatable bonds is 8. The molecule has 0 bridgehead atoms. The number of carbonyl (C=O) groups is 1. The minimum absolute atomic E-state index is 0.0130. The second-order valence-corrected chi connectivity index (χ2v) is 8.99. The number of nitrogens with one attached hydrogen (secondary N) is 2. The lowest BCUT2D eigenvalue weighted by Crippen LogP contribution is -2.45. The van der Waals surface area contributed by atoms with Crippen LogP contribution in [0.1, 0.15) is 46.6 Å². The number of alkyl carbamates (subject to hydrolysis) is 1. The topological polar surface area (TPSA) is 82.1 Å². The van der Waals surface area contributed by atoms with E-state index in [2.05, 4.69) is 45.4 Å². The van der Waals surface area contributed by atoms with Crippen molar-refractivity contribution in [2.75, 3.05) is 39.6 Å². The Morgan fingerprint density at radius 3 is 2.47 bits per heavy atom. The van der Waals surface area contributed by atoms with Gasteiger partial charge in [-0.25, -0.2) is 9.78 Å². The molecule has 30 heavy (non-hydrogen) atoms. The van der Waals surface area contributed by atoms with E-state index in [1.54, 1.807) is 13.2 Å². The minimum Gasteiger partial charge on any atom is -0.444 e. The fourth-order valence-electron chi connectivity index (χ4n) is 3.00. The lowest BCUT2D eigenvalue weighted by atomic mass is 10.0. The van der Waals surface area contributed by atoms with E-state index in [-0.39, 0.29) is 12.1 Å². The van der Waals surface area contributed by atoms with Crippen molar-refractivity contribution in [1.29, 1.82) is 0 Å². The molecule has 0 aliphatic carbocycles. The van der Waals surface area contributed by atoms with Crippen LogP contribution in [0.25, 0.3) is 0 Å². The first kappa shape index (κ1) is 25.5. The summed E-state index contributed by atoms with van der Waals surface area (Å²) in [5.41, 5.74) is 0.593. The molecule has 1 unspecified atom stereocenters. The predicted molar refractivity (Wildman–Crippen MR) is 124 cm³/mol. The number of hydrogen-bond acceptors (Lipinski definition) is 5. The molecule has 0 saturated carbocycles. The van der Waals surface area contributed by atoms with E-state index in [1.807, 2.05) is 52.9 Å². The van der Waals surface area contributed by atoms with Crippen LogP contribution in [0.15, 0.2) is 23.3 Å². The molecule has 8 nitrogen and oxygen atoms in total. The Hall–Kier alpha value is -2.51. The number of aliphatic imine (C=N–C) groups is 1. The van der Waals surface area contributed by atoms with Gasteiger partial charge in [0.05, 0.1) is 0 Å². The van der Waals surface area contributed by atoms with Gasteiger partial charge in [-0.1, -0.05) is 19.9 Å². The largest absolute Gasteiger partial charge is 0.444 e. The zero-order chi connectivity index (χ0) is 22.9. The molecule has 0 radical (unpaired) electrons. The molecule has 0 aromatic carbocycles. The van der Waals surface area contributed by atoms with Crippen LogP contribution in [0.5, 0.6) is 0 Å². The van der Waals surface area contributed by atoms with Crippen LogP contribution in [0, 0.1) is 5.92 Å². The summed E-state index contributed by atoms with van der Waals surface area (Å²) in [4.78, 5) is 25.1. The molecular weight excluding hydrogens is 380 g/mol. The third kappa shape index (κ3) is 8.88. The third-order valence-corrected chi connectivity index (χ3v) is 4.58. The molecule has 170 valence electrons. The van der Waals surface area contributed by atoms with Gasteiger partial charge in [-0.05, 0) is 39.2 Å². The maximum absolute atomic E-state index is 12.2. The Morgan fingerprint density at radius 1 is 1.27 bits per heavy atom. The average Bonchev–Trinajstić information content (AvgIpc) is 2.64. The van der Waals surface area contributed by atoms with E-state index in [0.717, 1.165) is 30.3 Å². The third-order valence-electron chi connectivity index (χ3n) is 4.58. The summed E-state index contributed by atoms with van der Waals surface area (Å²) in [7, 11) is 7.73. The molecule has 0 saturated heterocycles. The van der Waals surface area contributed by atoms with Crippen molar-refractivity contribution in [2.24, 2.45) is 10.9 Å². The van der Waals surface area contributed by atoms with Gasteiger partial charge in [0, 0.05) is 59.1 Å². The van der Waals surface area contributed by atoms with E-state index in [4.69, 9.17) is 4.74 Å². The highest BCUT2D eigenvalue weighted by atomic mass is 16.6. The molecule has 1 aromatic heterocycles. The fraction of sp³-hybridized carbons (Fsp3) is 0.682. The van der Waals surface area contributed by atoms with Gasteiger partial charge < -0.3 is 25.2 Å². The van der Waals surface area contributed by atoms with Crippen LogP contribution in [-0.4, -0.2) is 68.3 Å². The smallest absolute Gasteiger partial charge is 0.407 e. The van der Waals surface area contributed by atoms with Gasteiger partial charge in [-0.15, -0.1) is 0 Å². The van der Waals surface area contributed by atoms with E-state index in [9.17, 15) is 4.79 Å². The number of anilines is 1. The molecule has 1 aromatic rings. The molecule has 2 N–H and O–H groups in total. The number of guanidine groups is 1. The molecule has 1 atom stereocenters. The molecule has 1 rings (SSSR count). The number of amides is 1. The maximum Gasteiger partial charge on any atom is 0.407 e. The normalized spacial score (nSPS) is 13.1. The molecule has 1 amide bonds. The van der Waals surface area contributed by atoms with Crippen molar-refractivity contribution in [1.82, 2.24) is 20.5 Å². The van der Waals surface area contributed by atoms with Crippen molar-refractivity contribution in [2.45, 2.75) is 59.2 Å². The van der Waals surface area contributed by atoms with Crippen LogP contribution in [0.3, 0.4) is 0 Å². The summed E-state index contributed by atoms with van der Waals surface area (Å²) in [5.74, 6) is 2.02. The molecule has 0 fully saturated rings. The fourth-order valence-corrected chi connectivity index (χ4v) is 3.00. The second kappa shape index (κ2) is 11.6. The van der Waals surface area contributed by atoms with Gasteiger partial charge >= 0.3 is 6.09 Å². The first-order valence-electron chi connectivity index (χ1n) is 10.5. The highest BCUT2D eigenvalue weighted by Gasteiger charge is 2.22. The summed E-state index contributed by atoms with van der Waals surface area (Å²) in [6.45, 7) is 11.2. The van der Waals surface area contributed by atoms with E-state index in [0.29, 0.717) is 12.5 Å². The van der Waals surface area contributed by atoms with Crippen molar-refractivity contribution in [3.05, 3.63) is 23.9 Å². The number of ether oxygens (including phenoxy) is 1. The Kier molecular flexibility index (Phi) is 9.89. The zero-order valence-electron chi connectivity index (χ0n) is 20.1. The van der Waals surface area contributed by atoms with Crippen molar-refractivity contribution in [3.8, 4) is 0 Å². The SMILES string of the molecule is CN=C(NCc1cccnc1N(C)C)N(C)CCC(NC(=O)OC(C)(C)C)C(C)C. The second-order valence-electron chi connectivity index (χ2n) is 8.99. The van der Waals surface area contributed by atoms with Crippen LogP contribution in [0.2, 0.25) is 0 Å². The zero-order valence-corrected chi connectivity index (χ0v) is 20.1. The first-order valence-corrected chi connectivity index (χ1v) is 10.5. The average molecular weight is 421 g/mol. The van der Waals surface area contributed by atoms with Gasteiger partial charge in [0.15, 0.2) is 5.96 Å². The van der Waals surface area contributed by atoms with Crippen LogP contribution in [-0.2, 0) is 11.3 Å². The lowest BCUT2D eigenvalue weighted by molar-refractivity contribution is 0.0486. The summed E-state index contributed by atoms with van der Waals surface area (Å²) in [6, 6.07) is 4.01. The molecular formula is C22H40N6O2. The maximum atomic E-state index is 12.2. The minimum atomic E-state index is -0.508. The molecule has 1 heterocycles. The van der Waals surface area contributed by atoms with Crippen LogP contribution < -0.4 is 15.5 Å². The molecule has 0 aliphatic rings. The quantitative estimate of drug-likeness (QED) is 0.497. The predicted octanol–water partition coefficient (Wildman–Crippen LogP) is 3.09. The first-order chi connectivity index (χ1) is 13.9. The van der Waals surface area contributed by atoms with Gasteiger partial charge in [-0.2, -0.15) is 0 Å². The van der Waals surface area contributed by atoms with Gasteiger partial charge in [0.1, 0.15) is 11.4 Å². The summed E-state index contributed by atoms with van der Waals surface area (Å²) in [5, 5.41) is 6.40. The van der Waals surface area contributed by atoms with Gasteiger partial charge in [-0.3, -0.25) is 4.99 Å².